The van der Waals surface area contributed by atoms with Crippen LogP contribution in [0.25, 0.3) is 6.08 Å². The van der Waals surface area contributed by atoms with Crippen LogP contribution >= 0.6 is 0 Å². The third-order valence-electron chi connectivity index (χ3n) is 1.86. The maximum absolute atomic E-state index is 12.3. The number of aromatic nitrogens is 1. The monoisotopic (exact) mass is 247 g/mol. The van der Waals surface area contributed by atoms with Gasteiger partial charge < -0.3 is 9.72 Å². The summed E-state index contributed by atoms with van der Waals surface area (Å²) in [6, 6.07) is 0.651. The van der Waals surface area contributed by atoms with E-state index >= 15 is 0 Å². The Hall–Kier alpha value is -2.05. The second kappa shape index (κ2) is 4.86. The minimum absolute atomic E-state index is 0.273. The number of hydrogen-bond acceptors (Lipinski definition) is 3. The van der Waals surface area contributed by atoms with Crippen molar-refractivity contribution >= 4 is 12.0 Å². The zero-order valence-electron chi connectivity index (χ0n) is 8.67. The first-order chi connectivity index (χ1) is 7.84. The van der Waals surface area contributed by atoms with Crippen LogP contribution in [0.3, 0.4) is 0 Å². The van der Waals surface area contributed by atoms with Crippen LogP contribution in [0.4, 0.5) is 13.2 Å². The fourth-order valence-corrected chi connectivity index (χ4v) is 1.01. The molecule has 0 aliphatic heterocycles. The molecule has 92 valence electrons. The second-order valence-corrected chi connectivity index (χ2v) is 3.03. The van der Waals surface area contributed by atoms with Crippen molar-refractivity contribution in [3.05, 3.63) is 39.8 Å². The van der Waals surface area contributed by atoms with Crippen molar-refractivity contribution in [3.63, 3.8) is 0 Å². The molecule has 0 spiro atoms. The van der Waals surface area contributed by atoms with Gasteiger partial charge in [0.15, 0.2) is 0 Å². The first-order valence-corrected chi connectivity index (χ1v) is 4.40. The van der Waals surface area contributed by atoms with Crippen LogP contribution in [-0.2, 0) is 15.7 Å². The Bertz CT molecular complexity index is 502. The van der Waals surface area contributed by atoms with E-state index < -0.39 is 23.3 Å². The fraction of sp³-hybridized carbons (Fsp3) is 0.200. The Morgan fingerprint density at radius 3 is 2.65 bits per heavy atom. The van der Waals surface area contributed by atoms with E-state index in [1.807, 2.05) is 4.98 Å². The van der Waals surface area contributed by atoms with Gasteiger partial charge in [-0.3, -0.25) is 4.79 Å². The number of aromatic amines is 1. The fourth-order valence-electron chi connectivity index (χ4n) is 1.01. The van der Waals surface area contributed by atoms with Crippen LogP contribution in [0.1, 0.15) is 11.1 Å². The highest BCUT2D eigenvalue weighted by Crippen LogP contribution is 2.28. The summed E-state index contributed by atoms with van der Waals surface area (Å²) in [7, 11) is 1.11. The van der Waals surface area contributed by atoms with Crippen molar-refractivity contribution in [3.8, 4) is 0 Å². The highest BCUT2D eigenvalue weighted by atomic mass is 19.4. The maximum Gasteiger partial charge on any atom is 0.417 e. The standard InChI is InChI=1S/C10H8F3NO3/c1-17-8(15)3-2-6-4-7(10(11,12)13)5-14-9(6)16/h2-5H,1H3,(H,14,16). The molecule has 1 aromatic heterocycles. The number of alkyl halides is 3. The molecule has 0 atom stereocenters. The van der Waals surface area contributed by atoms with Gasteiger partial charge in [-0.15, -0.1) is 0 Å². The minimum Gasteiger partial charge on any atom is -0.466 e. The van der Waals surface area contributed by atoms with Crippen molar-refractivity contribution < 1.29 is 22.7 Å². The molecule has 1 aromatic rings. The topological polar surface area (TPSA) is 59.2 Å². The smallest absolute Gasteiger partial charge is 0.417 e. The van der Waals surface area contributed by atoms with E-state index in [1.165, 1.54) is 0 Å². The number of pyridine rings is 1. The Balaban J connectivity index is 3.12. The van der Waals surface area contributed by atoms with Gasteiger partial charge in [0, 0.05) is 17.8 Å². The number of rotatable bonds is 2. The number of nitrogens with one attached hydrogen (secondary N) is 1. The third-order valence-corrected chi connectivity index (χ3v) is 1.86. The van der Waals surface area contributed by atoms with Crippen molar-refractivity contribution in [2.75, 3.05) is 7.11 Å². The molecule has 4 nitrogen and oxygen atoms in total. The van der Waals surface area contributed by atoms with Gasteiger partial charge in [0.05, 0.1) is 12.7 Å². The molecule has 0 radical (unpaired) electrons. The summed E-state index contributed by atoms with van der Waals surface area (Å²) in [5, 5.41) is 0. The number of hydrogen-bond donors (Lipinski definition) is 1. The van der Waals surface area contributed by atoms with E-state index in [0.717, 1.165) is 19.3 Å². The van der Waals surface area contributed by atoms with Gasteiger partial charge >= 0.3 is 12.1 Å². The summed E-state index contributed by atoms with van der Waals surface area (Å²) in [6.07, 6.45) is -2.17. The number of methoxy groups -OCH3 is 1. The van der Waals surface area contributed by atoms with Gasteiger partial charge in [-0.05, 0) is 12.1 Å². The van der Waals surface area contributed by atoms with E-state index in [1.54, 1.807) is 0 Å². The van der Waals surface area contributed by atoms with Gasteiger partial charge in [0.2, 0.25) is 0 Å². The number of H-pyrrole nitrogens is 1. The molecule has 0 fully saturated rings. The molecule has 0 saturated carbocycles. The largest absolute Gasteiger partial charge is 0.466 e. The van der Waals surface area contributed by atoms with Crippen molar-refractivity contribution in [1.29, 1.82) is 0 Å². The molecule has 1 heterocycles. The van der Waals surface area contributed by atoms with Crippen molar-refractivity contribution in [2.24, 2.45) is 0 Å². The van der Waals surface area contributed by atoms with Crippen LogP contribution in [0.2, 0.25) is 0 Å². The third kappa shape index (κ3) is 3.47. The van der Waals surface area contributed by atoms with Crippen LogP contribution in [0.5, 0.6) is 0 Å². The number of esters is 1. The predicted octanol–water partition coefficient (Wildman–Crippen LogP) is 1.58. The van der Waals surface area contributed by atoms with E-state index in [9.17, 15) is 22.8 Å². The zero-order chi connectivity index (χ0) is 13.1. The molecule has 0 aliphatic carbocycles. The molecule has 7 heteroatoms. The molecular formula is C10H8F3NO3. The summed E-state index contributed by atoms with van der Waals surface area (Å²) >= 11 is 0. The molecular weight excluding hydrogens is 239 g/mol. The Morgan fingerprint density at radius 1 is 1.47 bits per heavy atom. The predicted molar refractivity (Wildman–Crippen MR) is 53.1 cm³/mol. The van der Waals surface area contributed by atoms with Gasteiger partial charge in [0.25, 0.3) is 5.56 Å². The second-order valence-electron chi connectivity index (χ2n) is 3.03. The average molecular weight is 247 g/mol. The lowest BCUT2D eigenvalue weighted by atomic mass is 10.2. The first-order valence-electron chi connectivity index (χ1n) is 4.40. The lowest BCUT2D eigenvalue weighted by molar-refractivity contribution is -0.138. The molecule has 0 amide bonds. The molecule has 0 aromatic carbocycles. The Labute approximate surface area is 93.7 Å². The Morgan fingerprint density at radius 2 is 2.12 bits per heavy atom. The molecule has 1 N–H and O–H groups in total. The molecule has 1 rings (SSSR count). The zero-order valence-corrected chi connectivity index (χ0v) is 8.67. The summed E-state index contributed by atoms with van der Waals surface area (Å²) < 4.78 is 41.2. The quantitative estimate of drug-likeness (QED) is 0.637. The normalized spacial score (nSPS) is 11.8. The number of carbonyl (C=O) groups excluding carboxylic acids is 1. The van der Waals surface area contributed by atoms with Gasteiger partial charge in [-0.1, -0.05) is 0 Å². The van der Waals surface area contributed by atoms with Crippen molar-refractivity contribution in [2.45, 2.75) is 6.18 Å². The first kappa shape index (κ1) is 13.0. The van der Waals surface area contributed by atoms with Crippen LogP contribution < -0.4 is 5.56 Å². The minimum atomic E-state index is -4.56. The van der Waals surface area contributed by atoms with Gasteiger partial charge in [0.1, 0.15) is 0 Å². The van der Waals surface area contributed by atoms with E-state index in [2.05, 4.69) is 4.74 Å². The highest BCUT2D eigenvalue weighted by molar-refractivity contribution is 5.86. The van der Waals surface area contributed by atoms with Crippen LogP contribution in [0, 0.1) is 0 Å². The maximum atomic E-state index is 12.3. The molecule has 0 aliphatic rings. The summed E-state index contributed by atoms with van der Waals surface area (Å²) in [5.41, 5.74) is -2.00. The molecule has 0 unspecified atom stereocenters. The van der Waals surface area contributed by atoms with E-state index in [0.29, 0.717) is 12.3 Å². The lowest BCUT2D eigenvalue weighted by Crippen LogP contribution is -2.14. The highest BCUT2D eigenvalue weighted by Gasteiger charge is 2.31. The van der Waals surface area contributed by atoms with Crippen LogP contribution in [0.15, 0.2) is 23.1 Å². The summed E-state index contributed by atoms with van der Waals surface area (Å²) in [4.78, 5) is 23.8. The van der Waals surface area contributed by atoms with Gasteiger partial charge in [-0.2, -0.15) is 13.2 Å². The molecule has 0 bridgehead atoms. The lowest BCUT2D eigenvalue weighted by Gasteiger charge is -2.05. The summed E-state index contributed by atoms with van der Waals surface area (Å²) in [6.45, 7) is 0. The number of halogens is 3. The molecule has 0 saturated heterocycles. The summed E-state index contributed by atoms with van der Waals surface area (Å²) in [5.74, 6) is -0.762. The average Bonchev–Trinajstić information content (AvgIpc) is 2.26. The van der Waals surface area contributed by atoms with Crippen molar-refractivity contribution in [1.82, 2.24) is 4.98 Å². The van der Waals surface area contributed by atoms with E-state index in [-0.39, 0.29) is 5.56 Å². The van der Waals surface area contributed by atoms with Crippen LogP contribution in [-0.4, -0.2) is 18.1 Å². The van der Waals surface area contributed by atoms with Gasteiger partial charge in [-0.25, -0.2) is 4.79 Å². The Kier molecular flexibility index (Phi) is 3.72. The number of carbonyl (C=O) groups is 1. The molecule has 17 heavy (non-hydrogen) atoms. The SMILES string of the molecule is COC(=O)C=Cc1cc(C(F)(F)F)c[nH]c1=O. The van der Waals surface area contributed by atoms with E-state index in [4.69, 9.17) is 0 Å². The number of ether oxygens (including phenoxy) is 1.